The van der Waals surface area contributed by atoms with Crippen LogP contribution in [0.3, 0.4) is 0 Å². The molecule has 0 bridgehead atoms. The first-order chi connectivity index (χ1) is 10.5. The lowest BCUT2D eigenvalue weighted by Crippen LogP contribution is -2.29. The van der Waals surface area contributed by atoms with Crippen molar-refractivity contribution in [3.63, 3.8) is 0 Å². The molecule has 0 heterocycles. The molecule has 0 unspecified atom stereocenters. The monoisotopic (exact) mass is 297 g/mol. The van der Waals surface area contributed by atoms with Crippen LogP contribution in [-0.2, 0) is 11.2 Å². The summed E-state index contributed by atoms with van der Waals surface area (Å²) in [5.74, 6) is 0.895. The van der Waals surface area contributed by atoms with E-state index in [-0.39, 0.29) is 5.91 Å². The van der Waals surface area contributed by atoms with Crippen molar-refractivity contribution in [3.8, 4) is 5.75 Å². The average Bonchev–Trinajstić information content (AvgIpc) is 2.48. The van der Waals surface area contributed by atoms with Crippen molar-refractivity contribution in [2.45, 2.75) is 27.2 Å². The van der Waals surface area contributed by atoms with Gasteiger partial charge in [0.05, 0.1) is 13.0 Å². The van der Waals surface area contributed by atoms with Crippen LogP contribution in [0, 0.1) is 20.8 Å². The van der Waals surface area contributed by atoms with E-state index in [0.29, 0.717) is 19.6 Å². The molecule has 0 aliphatic rings. The number of hydrogen-bond acceptors (Lipinski definition) is 2. The highest BCUT2D eigenvalue weighted by atomic mass is 16.5. The summed E-state index contributed by atoms with van der Waals surface area (Å²) in [6.45, 7) is 7.11. The van der Waals surface area contributed by atoms with E-state index in [9.17, 15) is 4.79 Å². The fourth-order valence-electron chi connectivity index (χ4n) is 2.27. The normalized spacial score (nSPS) is 10.3. The van der Waals surface area contributed by atoms with Gasteiger partial charge in [0.25, 0.3) is 0 Å². The molecule has 22 heavy (non-hydrogen) atoms. The Morgan fingerprint density at radius 2 is 1.68 bits per heavy atom. The van der Waals surface area contributed by atoms with Crippen molar-refractivity contribution >= 4 is 5.91 Å². The van der Waals surface area contributed by atoms with E-state index < -0.39 is 0 Å². The Hall–Kier alpha value is -2.29. The van der Waals surface area contributed by atoms with Crippen LogP contribution in [-0.4, -0.2) is 19.1 Å². The van der Waals surface area contributed by atoms with E-state index in [1.165, 1.54) is 11.1 Å². The van der Waals surface area contributed by atoms with E-state index in [1.807, 2.05) is 50.2 Å². The van der Waals surface area contributed by atoms with Gasteiger partial charge in [-0.2, -0.15) is 0 Å². The molecular formula is C19H23NO2. The van der Waals surface area contributed by atoms with Crippen LogP contribution >= 0.6 is 0 Å². The van der Waals surface area contributed by atoms with Crippen molar-refractivity contribution in [1.29, 1.82) is 0 Å². The maximum atomic E-state index is 11.9. The Bertz CT molecular complexity index is 632. The van der Waals surface area contributed by atoms with Gasteiger partial charge in [-0.3, -0.25) is 4.79 Å². The molecule has 0 aliphatic heterocycles. The zero-order valence-electron chi connectivity index (χ0n) is 13.5. The second kappa shape index (κ2) is 7.64. The topological polar surface area (TPSA) is 38.3 Å². The SMILES string of the molecule is Cc1ccc(CC(=O)NCCOc2ccc(C)cc2C)cc1. The minimum absolute atomic E-state index is 0.0214. The zero-order valence-corrected chi connectivity index (χ0v) is 13.5. The number of benzene rings is 2. The molecule has 2 rings (SSSR count). The molecule has 1 amide bonds. The Morgan fingerprint density at radius 1 is 1.00 bits per heavy atom. The minimum atomic E-state index is 0.0214. The standard InChI is InChI=1S/C19H23NO2/c1-14-4-7-17(8-5-14)13-19(21)20-10-11-22-18-9-6-15(2)12-16(18)3/h4-9,12H,10-11,13H2,1-3H3,(H,20,21). The summed E-state index contributed by atoms with van der Waals surface area (Å²) in [5, 5.41) is 2.88. The summed E-state index contributed by atoms with van der Waals surface area (Å²) >= 11 is 0. The van der Waals surface area contributed by atoms with E-state index in [0.717, 1.165) is 16.9 Å². The molecule has 3 heteroatoms. The molecule has 0 spiro atoms. The Kier molecular flexibility index (Phi) is 5.59. The summed E-state index contributed by atoms with van der Waals surface area (Å²) in [4.78, 5) is 11.9. The lowest BCUT2D eigenvalue weighted by Gasteiger charge is -2.10. The first-order valence-corrected chi connectivity index (χ1v) is 7.57. The lowest BCUT2D eigenvalue weighted by atomic mass is 10.1. The van der Waals surface area contributed by atoms with Gasteiger partial charge >= 0.3 is 0 Å². The second-order valence-electron chi connectivity index (χ2n) is 5.63. The quantitative estimate of drug-likeness (QED) is 0.830. The van der Waals surface area contributed by atoms with Gasteiger partial charge in [-0.05, 0) is 38.0 Å². The molecule has 0 aliphatic carbocycles. The van der Waals surface area contributed by atoms with E-state index >= 15 is 0 Å². The summed E-state index contributed by atoms with van der Waals surface area (Å²) in [5.41, 5.74) is 4.56. The van der Waals surface area contributed by atoms with E-state index in [1.54, 1.807) is 0 Å². The molecule has 0 saturated heterocycles. The van der Waals surface area contributed by atoms with Crippen LogP contribution < -0.4 is 10.1 Å². The summed E-state index contributed by atoms with van der Waals surface area (Å²) in [7, 11) is 0. The third kappa shape index (κ3) is 4.92. The number of carbonyl (C=O) groups excluding carboxylic acids is 1. The minimum Gasteiger partial charge on any atom is -0.491 e. The van der Waals surface area contributed by atoms with Crippen molar-refractivity contribution < 1.29 is 9.53 Å². The van der Waals surface area contributed by atoms with E-state index in [4.69, 9.17) is 4.74 Å². The van der Waals surface area contributed by atoms with Crippen LogP contribution in [0.25, 0.3) is 0 Å². The van der Waals surface area contributed by atoms with Gasteiger partial charge in [0.1, 0.15) is 12.4 Å². The predicted molar refractivity (Wildman–Crippen MR) is 89.3 cm³/mol. The van der Waals surface area contributed by atoms with Crippen molar-refractivity contribution in [2.24, 2.45) is 0 Å². The smallest absolute Gasteiger partial charge is 0.224 e. The first-order valence-electron chi connectivity index (χ1n) is 7.57. The largest absolute Gasteiger partial charge is 0.491 e. The summed E-state index contributed by atoms with van der Waals surface area (Å²) in [6.07, 6.45) is 0.407. The van der Waals surface area contributed by atoms with Gasteiger partial charge in [-0.25, -0.2) is 0 Å². The predicted octanol–water partition coefficient (Wildman–Crippen LogP) is 3.35. The fourth-order valence-corrected chi connectivity index (χ4v) is 2.27. The number of rotatable bonds is 6. The zero-order chi connectivity index (χ0) is 15.9. The molecule has 1 N–H and O–H groups in total. The summed E-state index contributed by atoms with van der Waals surface area (Å²) < 4.78 is 5.69. The highest BCUT2D eigenvalue weighted by Crippen LogP contribution is 2.18. The van der Waals surface area contributed by atoms with Crippen LogP contribution in [0.2, 0.25) is 0 Å². The molecule has 116 valence electrons. The molecule has 2 aromatic rings. The molecule has 0 saturated carbocycles. The average molecular weight is 297 g/mol. The molecule has 0 radical (unpaired) electrons. The molecule has 3 nitrogen and oxygen atoms in total. The van der Waals surface area contributed by atoms with Gasteiger partial charge in [0.2, 0.25) is 5.91 Å². The molecule has 0 aromatic heterocycles. The third-order valence-electron chi connectivity index (χ3n) is 3.50. The Morgan fingerprint density at radius 3 is 2.36 bits per heavy atom. The van der Waals surface area contributed by atoms with Crippen molar-refractivity contribution in [2.75, 3.05) is 13.2 Å². The lowest BCUT2D eigenvalue weighted by molar-refractivity contribution is -0.120. The summed E-state index contributed by atoms with van der Waals surface area (Å²) in [6, 6.07) is 14.1. The highest BCUT2D eigenvalue weighted by molar-refractivity contribution is 5.78. The van der Waals surface area contributed by atoms with Crippen LogP contribution in [0.5, 0.6) is 5.75 Å². The highest BCUT2D eigenvalue weighted by Gasteiger charge is 2.03. The Labute approximate surface area is 132 Å². The van der Waals surface area contributed by atoms with Gasteiger partial charge in [0.15, 0.2) is 0 Å². The van der Waals surface area contributed by atoms with Gasteiger partial charge in [0, 0.05) is 0 Å². The number of carbonyl (C=O) groups is 1. The number of amides is 1. The number of nitrogens with one attached hydrogen (secondary N) is 1. The van der Waals surface area contributed by atoms with Crippen molar-refractivity contribution in [1.82, 2.24) is 5.32 Å². The van der Waals surface area contributed by atoms with Gasteiger partial charge in [-0.1, -0.05) is 47.5 Å². The van der Waals surface area contributed by atoms with Crippen LogP contribution in [0.4, 0.5) is 0 Å². The van der Waals surface area contributed by atoms with Crippen LogP contribution in [0.1, 0.15) is 22.3 Å². The molecule has 2 aromatic carbocycles. The maximum absolute atomic E-state index is 11.9. The number of hydrogen-bond donors (Lipinski definition) is 1. The third-order valence-corrected chi connectivity index (χ3v) is 3.50. The van der Waals surface area contributed by atoms with Gasteiger partial charge in [-0.15, -0.1) is 0 Å². The number of aryl methyl sites for hydroxylation is 3. The van der Waals surface area contributed by atoms with E-state index in [2.05, 4.69) is 18.3 Å². The Balaban J connectivity index is 1.72. The fraction of sp³-hybridized carbons (Fsp3) is 0.316. The van der Waals surface area contributed by atoms with Gasteiger partial charge < -0.3 is 10.1 Å². The van der Waals surface area contributed by atoms with Crippen molar-refractivity contribution in [3.05, 3.63) is 64.7 Å². The molecule has 0 atom stereocenters. The number of ether oxygens (including phenoxy) is 1. The molecule has 0 fully saturated rings. The first kappa shape index (κ1) is 16.1. The second-order valence-corrected chi connectivity index (χ2v) is 5.63. The maximum Gasteiger partial charge on any atom is 0.224 e. The molecular weight excluding hydrogens is 274 g/mol. The van der Waals surface area contributed by atoms with Crippen LogP contribution in [0.15, 0.2) is 42.5 Å².